The molecule has 1 aromatic rings. The lowest BCUT2D eigenvalue weighted by atomic mass is 9.96. The first-order chi connectivity index (χ1) is 7.95. The minimum atomic E-state index is -0.215. The molecule has 0 fully saturated rings. The first kappa shape index (κ1) is 13.7. The fraction of sp³-hybridized carbons (Fsp3) is 0.500. The van der Waals surface area contributed by atoms with Crippen LogP contribution in [0.1, 0.15) is 49.6 Å². The Morgan fingerprint density at radius 2 is 2.06 bits per heavy atom. The van der Waals surface area contributed by atoms with Crippen LogP contribution in [0.15, 0.2) is 18.2 Å². The Kier molecular flexibility index (Phi) is 4.70. The van der Waals surface area contributed by atoms with Crippen LogP contribution in [-0.4, -0.2) is 23.7 Å². The molecule has 0 spiro atoms. The molecule has 0 aliphatic rings. The predicted octanol–water partition coefficient (Wildman–Crippen LogP) is 2.48. The Hall–Kier alpha value is -1.35. The van der Waals surface area contributed by atoms with Crippen LogP contribution in [0.4, 0.5) is 0 Å². The van der Waals surface area contributed by atoms with Gasteiger partial charge in [-0.1, -0.05) is 19.9 Å². The van der Waals surface area contributed by atoms with Gasteiger partial charge < -0.3 is 10.4 Å². The lowest BCUT2D eigenvalue weighted by Gasteiger charge is -2.13. The summed E-state index contributed by atoms with van der Waals surface area (Å²) in [5.41, 5.74) is 3.04. The van der Waals surface area contributed by atoms with Gasteiger partial charge in [0.25, 0.3) is 5.91 Å². The second-order valence-corrected chi connectivity index (χ2v) is 4.78. The maximum Gasteiger partial charge on any atom is 0.251 e. The van der Waals surface area contributed by atoms with Crippen LogP contribution in [0.3, 0.4) is 0 Å². The number of benzene rings is 1. The van der Waals surface area contributed by atoms with Crippen molar-refractivity contribution in [2.24, 2.45) is 0 Å². The van der Waals surface area contributed by atoms with E-state index in [0.717, 1.165) is 5.56 Å². The van der Waals surface area contributed by atoms with E-state index in [1.54, 1.807) is 6.92 Å². The normalized spacial score (nSPS) is 12.6. The molecule has 3 heteroatoms. The predicted molar refractivity (Wildman–Crippen MR) is 71.4 cm³/mol. The summed E-state index contributed by atoms with van der Waals surface area (Å²) in [4.78, 5) is 11.8. The summed E-state index contributed by atoms with van der Waals surface area (Å²) in [5.74, 6) is 0.327. The van der Waals surface area contributed by atoms with Crippen molar-refractivity contribution in [1.82, 2.24) is 5.32 Å². The molecule has 0 radical (unpaired) electrons. The molecule has 17 heavy (non-hydrogen) atoms. The van der Waals surface area contributed by atoms with Gasteiger partial charge in [-0.15, -0.1) is 0 Å². The van der Waals surface area contributed by atoms with Crippen molar-refractivity contribution in [2.75, 3.05) is 6.61 Å². The summed E-state index contributed by atoms with van der Waals surface area (Å²) in [6.07, 6.45) is 0. The van der Waals surface area contributed by atoms with Gasteiger partial charge in [0.1, 0.15) is 0 Å². The summed E-state index contributed by atoms with van der Waals surface area (Å²) in [6, 6.07) is 5.52. The van der Waals surface area contributed by atoms with Gasteiger partial charge in [-0.25, -0.2) is 0 Å². The first-order valence-corrected chi connectivity index (χ1v) is 5.98. The van der Waals surface area contributed by atoms with Crippen molar-refractivity contribution in [2.45, 2.75) is 39.7 Å². The Balaban J connectivity index is 0.00000289. The highest BCUT2D eigenvalue weighted by Gasteiger charge is 2.11. The number of hydrogen-bond acceptors (Lipinski definition) is 2. The highest BCUT2D eigenvalue weighted by molar-refractivity contribution is 5.94. The van der Waals surface area contributed by atoms with Crippen LogP contribution >= 0.6 is 0 Å². The SMILES string of the molecule is Cc1cc(C(=O)NC(C)CO)ccc1C(C)C.[HH]. The summed E-state index contributed by atoms with van der Waals surface area (Å²) in [5, 5.41) is 11.6. The topological polar surface area (TPSA) is 49.3 Å². The number of hydrogen-bond donors (Lipinski definition) is 2. The number of rotatable bonds is 4. The summed E-state index contributed by atoms with van der Waals surface area (Å²) in [7, 11) is 0. The zero-order chi connectivity index (χ0) is 13.0. The quantitative estimate of drug-likeness (QED) is 0.845. The van der Waals surface area contributed by atoms with Gasteiger partial charge in [0.05, 0.1) is 6.61 Å². The molecule has 2 N–H and O–H groups in total. The minimum absolute atomic E-state index is 0. The lowest BCUT2D eigenvalue weighted by Crippen LogP contribution is -2.35. The summed E-state index contributed by atoms with van der Waals surface area (Å²) in [6.45, 7) is 8.01. The molecule has 1 unspecified atom stereocenters. The molecular formula is C14H23NO2. The molecule has 1 aromatic carbocycles. The second-order valence-electron chi connectivity index (χ2n) is 4.78. The Labute approximate surface area is 104 Å². The molecule has 1 rings (SSSR count). The van der Waals surface area contributed by atoms with Crippen LogP contribution in [0, 0.1) is 6.92 Å². The lowest BCUT2D eigenvalue weighted by molar-refractivity contribution is 0.0922. The van der Waals surface area contributed by atoms with Crippen LogP contribution in [-0.2, 0) is 0 Å². The highest BCUT2D eigenvalue weighted by atomic mass is 16.3. The van der Waals surface area contributed by atoms with E-state index in [4.69, 9.17) is 5.11 Å². The average molecular weight is 237 g/mol. The maximum atomic E-state index is 11.8. The third kappa shape index (κ3) is 3.56. The molecule has 0 bridgehead atoms. The molecule has 0 aliphatic carbocycles. The molecule has 0 aromatic heterocycles. The molecule has 96 valence electrons. The molecule has 1 atom stereocenters. The van der Waals surface area contributed by atoms with Gasteiger partial charge in [-0.05, 0) is 43.0 Å². The van der Waals surface area contributed by atoms with E-state index in [-0.39, 0.29) is 20.0 Å². The first-order valence-electron chi connectivity index (χ1n) is 5.98. The average Bonchev–Trinajstić information content (AvgIpc) is 2.28. The number of aliphatic hydroxyl groups excluding tert-OH is 1. The van der Waals surface area contributed by atoms with Crippen molar-refractivity contribution < 1.29 is 11.3 Å². The van der Waals surface area contributed by atoms with Crippen molar-refractivity contribution in [1.29, 1.82) is 0 Å². The minimum Gasteiger partial charge on any atom is -0.394 e. The number of aryl methyl sites for hydroxylation is 1. The van der Waals surface area contributed by atoms with Gasteiger partial charge in [-0.3, -0.25) is 4.79 Å². The second kappa shape index (κ2) is 5.82. The summed E-state index contributed by atoms with van der Waals surface area (Å²) < 4.78 is 0. The van der Waals surface area contributed by atoms with E-state index >= 15 is 0 Å². The van der Waals surface area contributed by atoms with Crippen molar-refractivity contribution in [3.8, 4) is 0 Å². The number of aliphatic hydroxyl groups is 1. The van der Waals surface area contributed by atoms with Crippen LogP contribution in [0.2, 0.25) is 0 Å². The van der Waals surface area contributed by atoms with Gasteiger partial charge in [0, 0.05) is 13.0 Å². The van der Waals surface area contributed by atoms with Crippen molar-refractivity contribution in [3.05, 3.63) is 34.9 Å². The zero-order valence-corrected chi connectivity index (χ0v) is 10.9. The van der Waals surface area contributed by atoms with E-state index in [1.807, 2.05) is 25.1 Å². The highest BCUT2D eigenvalue weighted by Crippen LogP contribution is 2.19. The van der Waals surface area contributed by atoms with Gasteiger partial charge in [0.2, 0.25) is 0 Å². The largest absolute Gasteiger partial charge is 0.394 e. The molecule has 0 heterocycles. The molecular weight excluding hydrogens is 214 g/mol. The molecule has 0 aliphatic heterocycles. The number of carbonyl (C=O) groups is 1. The third-order valence-electron chi connectivity index (χ3n) is 2.81. The van der Waals surface area contributed by atoms with E-state index in [1.165, 1.54) is 5.56 Å². The van der Waals surface area contributed by atoms with Gasteiger partial charge in [0.15, 0.2) is 0 Å². The number of carbonyl (C=O) groups excluding carboxylic acids is 1. The molecule has 3 nitrogen and oxygen atoms in total. The van der Waals surface area contributed by atoms with E-state index in [9.17, 15) is 4.79 Å². The maximum absolute atomic E-state index is 11.8. The van der Waals surface area contributed by atoms with Crippen molar-refractivity contribution >= 4 is 5.91 Å². The van der Waals surface area contributed by atoms with Crippen molar-refractivity contribution in [3.63, 3.8) is 0 Å². The van der Waals surface area contributed by atoms with Crippen LogP contribution < -0.4 is 5.32 Å². The number of amides is 1. The van der Waals surface area contributed by atoms with Gasteiger partial charge >= 0.3 is 0 Å². The summed E-state index contributed by atoms with van der Waals surface area (Å²) >= 11 is 0. The fourth-order valence-corrected chi connectivity index (χ4v) is 1.82. The zero-order valence-electron chi connectivity index (χ0n) is 10.9. The third-order valence-corrected chi connectivity index (χ3v) is 2.81. The fourth-order valence-electron chi connectivity index (χ4n) is 1.82. The Morgan fingerprint density at radius 3 is 2.53 bits per heavy atom. The monoisotopic (exact) mass is 237 g/mol. The smallest absolute Gasteiger partial charge is 0.251 e. The Bertz CT molecular complexity index is 405. The standard InChI is InChI=1S/C14H21NO2.H2/c1-9(2)13-6-5-12(7-10(13)3)14(17)15-11(4)8-16;/h5-7,9,11,16H,8H2,1-4H3,(H,15,17);1H. The van der Waals surface area contributed by atoms with E-state index in [0.29, 0.717) is 11.5 Å². The molecule has 1 amide bonds. The van der Waals surface area contributed by atoms with Crippen LogP contribution in [0.5, 0.6) is 0 Å². The molecule has 0 saturated carbocycles. The molecule has 0 saturated heterocycles. The number of nitrogens with one attached hydrogen (secondary N) is 1. The van der Waals surface area contributed by atoms with Crippen LogP contribution in [0.25, 0.3) is 0 Å². The van der Waals surface area contributed by atoms with E-state index < -0.39 is 0 Å². The van der Waals surface area contributed by atoms with E-state index in [2.05, 4.69) is 19.2 Å². The Morgan fingerprint density at radius 1 is 1.41 bits per heavy atom. The van der Waals surface area contributed by atoms with Gasteiger partial charge in [-0.2, -0.15) is 0 Å².